The number of hydrogen-bond acceptors (Lipinski definition) is 2. The molecule has 74 valence electrons. The zero-order chi connectivity index (χ0) is 9.84. The SMILES string of the molecule is CC(C)C(=O)NCC1CCCC1=O. The van der Waals surface area contributed by atoms with Gasteiger partial charge in [0, 0.05) is 24.8 Å². The van der Waals surface area contributed by atoms with Crippen molar-refractivity contribution in [3.63, 3.8) is 0 Å². The van der Waals surface area contributed by atoms with E-state index in [0.717, 1.165) is 12.8 Å². The molecule has 0 aromatic heterocycles. The lowest BCUT2D eigenvalue weighted by molar-refractivity contribution is -0.124. The third kappa shape index (κ3) is 2.83. The molecule has 1 N–H and O–H groups in total. The minimum absolute atomic E-state index is 0.0107. The van der Waals surface area contributed by atoms with Gasteiger partial charge in [-0.3, -0.25) is 9.59 Å². The van der Waals surface area contributed by atoms with Crippen LogP contribution < -0.4 is 5.32 Å². The van der Waals surface area contributed by atoms with Gasteiger partial charge in [0.25, 0.3) is 0 Å². The molecule has 0 radical (unpaired) electrons. The van der Waals surface area contributed by atoms with Gasteiger partial charge in [0.05, 0.1) is 0 Å². The van der Waals surface area contributed by atoms with E-state index in [0.29, 0.717) is 18.7 Å². The molecule has 1 saturated carbocycles. The minimum atomic E-state index is 0.0107. The highest BCUT2D eigenvalue weighted by atomic mass is 16.2. The lowest BCUT2D eigenvalue weighted by Crippen LogP contribution is -2.33. The first-order valence-corrected chi connectivity index (χ1v) is 4.91. The zero-order valence-electron chi connectivity index (χ0n) is 8.30. The number of rotatable bonds is 3. The monoisotopic (exact) mass is 183 g/mol. The molecule has 0 aromatic carbocycles. The lowest BCUT2D eigenvalue weighted by atomic mass is 10.1. The maximum atomic E-state index is 11.2. The normalized spacial score (nSPS) is 22.4. The Kier molecular flexibility index (Phi) is 3.46. The maximum absolute atomic E-state index is 11.2. The van der Waals surface area contributed by atoms with Crippen LogP contribution in [0.1, 0.15) is 33.1 Å². The van der Waals surface area contributed by atoms with E-state index < -0.39 is 0 Å². The van der Waals surface area contributed by atoms with Crippen molar-refractivity contribution < 1.29 is 9.59 Å². The molecule has 1 aliphatic rings. The molecule has 1 fully saturated rings. The van der Waals surface area contributed by atoms with Crippen molar-refractivity contribution in [2.45, 2.75) is 33.1 Å². The number of carbonyl (C=O) groups excluding carboxylic acids is 2. The molecule has 3 nitrogen and oxygen atoms in total. The fourth-order valence-electron chi connectivity index (χ4n) is 1.53. The molecule has 1 aliphatic carbocycles. The lowest BCUT2D eigenvalue weighted by Gasteiger charge is -2.11. The molecule has 13 heavy (non-hydrogen) atoms. The quantitative estimate of drug-likeness (QED) is 0.713. The molecule has 1 unspecified atom stereocenters. The summed E-state index contributed by atoms with van der Waals surface area (Å²) in [4.78, 5) is 22.4. The van der Waals surface area contributed by atoms with E-state index in [1.807, 2.05) is 13.8 Å². The number of hydrogen-bond donors (Lipinski definition) is 1. The van der Waals surface area contributed by atoms with Crippen LogP contribution in [-0.4, -0.2) is 18.2 Å². The Balaban J connectivity index is 2.26. The molecular formula is C10H17NO2. The Hall–Kier alpha value is -0.860. The van der Waals surface area contributed by atoms with Crippen LogP contribution in [0.5, 0.6) is 0 Å². The fraction of sp³-hybridized carbons (Fsp3) is 0.800. The van der Waals surface area contributed by atoms with Gasteiger partial charge in [-0.2, -0.15) is 0 Å². The Morgan fingerprint density at radius 3 is 2.77 bits per heavy atom. The van der Waals surface area contributed by atoms with Crippen LogP contribution in [0.4, 0.5) is 0 Å². The molecule has 0 bridgehead atoms. The van der Waals surface area contributed by atoms with Crippen molar-refractivity contribution in [1.29, 1.82) is 0 Å². The van der Waals surface area contributed by atoms with Crippen molar-refractivity contribution in [1.82, 2.24) is 5.32 Å². The Morgan fingerprint density at radius 1 is 1.62 bits per heavy atom. The molecule has 1 amide bonds. The van der Waals surface area contributed by atoms with Gasteiger partial charge < -0.3 is 5.32 Å². The molecule has 0 aliphatic heterocycles. The number of nitrogens with one attached hydrogen (secondary N) is 1. The first kappa shape index (κ1) is 10.2. The molecule has 1 rings (SSSR count). The number of ketones is 1. The topological polar surface area (TPSA) is 46.2 Å². The molecular weight excluding hydrogens is 166 g/mol. The summed E-state index contributed by atoms with van der Waals surface area (Å²) in [6, 6.07) is 0. The highest BCUT2D eigenvalue weighted by molar-refractivity contribution is 5.84. The average Bonchev–Trinajstić information content (AvgIpc) is 2.47. The molecule has 0 heterocycles. The second-order valence-corrected chi connectivity index (χ2v) is 3.96. The second-order valence-electron chi connectivity index (χ2n) is 3.96. The molecule has 0 spiro atoms. The maximum Gasteiger partial charge on any atom is 0.222 e. The van der Waals surface area contributed by atoms with Gasteiger partial charge in [-0.1, -0.05) is 13.8 Å². The van der Waals surface area contributed by atoms with Crippen LogP contribution in [0, 0.1) is 11.8 Å². The predicted octanol–water partition coefficient (Wildman–Crippen LogP) is 1.13. The molecule has 3 heteroatoms. The van der Waals surface area contributed by atoms with Gasteiger partial charge >= 0.3 is 0 Å². The van der Waals surface area contributed by atoms with Crippen molar-refractivity contribution in [2.24, 2.45) is 11.8 Å². The molecule has 0 aromatic rings. The van der Waals surface area contributed by atoms with Crippen molar-refractivity contribution in [3.8, 4) is 0 Å². The van der Waals surface area contributed by atoms with Crippen LogP contribution in [0.3, 0.4) is 0 Å². The van der Waals surface area contributed by atoms with Gasteiger partial charge in [-0.25, -0.2) is 0 Å². The van der Waals surface area contributed by atoms with E-state index in [9.17, 15) is 9.59 Å². The Morgan fingerprint density at radius 2 is 2.31 bits per heavy atom. The van der Waals surface area contributed by atoms with E-state index in [1.165, 1.54) is 0 Å². The molecule has 0 saturated heterocycles. The number of carbonyl (C=O) groups is 2. The summed E-state index contributed by atoms with van der Waals surface area (Å²) >= 11 is 0. The zero-order valence-corrected chi connectivity index (χ0v) is 8.30. The van der Waals surface area contributed by atoms with Gasteiger partial charge in [0.15, 0.2) is 0 Å². The van der Waals surface area contributed by atoms with E-state index in [1.54, 1.807) is 0 Å². The van der Waals surface area contributed by atoms with E-state index >= 15 is 0 Å². The number of Topliss-reactive ketones (excluding diaryl/α,β-unsaturated/α-hetero) is 1. The van der Waals surface area contributed by atoms with Crippen LogP contribution >= 0.6 is 0 Å². The van der Waals surface area contributed by atoms with Crippen molar-refractivity contribution in [2.75, 3.05) is 6.54 Å². The Labute approximate surface area is 78.9 Å². The average molecular weight is 183 g/mol. The summed E-state index contributed by atoms with van der Waals surface area (Å²) in [5.74, 6) is 0.447. The summed E-state index contributed by atoms with van der Waals surface area (Å²) in [7, 11) is 0. The van der Waals surface area contributed by atoms with Crippen LogP contribution in [-0.2, 0) is 9.59 Å². The van der Waals surface area contributed by atoms with Crippen LogP contribution in [0.25, 0.3) is 0 Å². The second kappa shape index (κ2) is 4.40. The number of amides is 1. The Bertz CT molecular complexity index is 211. The van der Waals surface area contributed by atoms with E-state index in [-0.39, 0.29) is 17.7 Å². The largest absolute Gasteiger partial charge is 0.355 e. The van der Waals surface area contributed by atoms with E-state index in [4.69, 9.17) is 0 Å². The smallest absolute Gasteiger partial charge is 0.222 e. The third-order valence-electron chi connectivity index (χ3n) is 2.48. The van der Waals surface area contributed by atoms with Gasteiger partial charge in [-0.15, -0.1) is 0 Å². The summed E-state index contributed by atoms with van der Waals surface area (Å²) in [6.07, 6.45) is 2.63. The predicted molar refractivity (Wildman–Crippen MR) is 50.2 cm³/mol. The van der Waals surface area contributed by atoms with Crippen molar-refractivity contribution >= 4 is 11.7 Å². The fourth-order valence-corrected chi connectivity index (χ4v) is 1.53. The van der Waals surface area contributed by atoms with Gasteiger partial charge in [0.2, 0.25) is 5.91 Å². The van der Waals surface area contributed by atoms with Crippen LogP contribution in [0.15, 0.2) is 0 Å². The first-order chi connectivity index (χ1) is 6.11. The highest BCUT2D eigenvalue weighted by Crippen LogP contribution is 2.20. The summed E-state index contributed by atoms with van der Waals surface area (Å²) in [6.45, 7) is 4.24. The minimum Gasteiger partial charge on any atom is -0.355 e. The van der Waals surface area contributed by atoms with Gasteiger partial charge in [-0.05, 0) is 12.8 Å². The standard InChI is InChI=1S/C10H17NO2/c1-7(2)10(13)11-6-8-4-3-5-9(8)12/h7-8H,3-6H2,1-2H3,(H,11,13). The van der Waals surface area contributed by atoms with Gasteiger partial charge in [0.1, 0.15) is 5.78 Å². The molecule has 1 atom stereocenters. The summed E-state index contributed by atoms with van der Waals surface area (Å²) in [5.41, 5.74) is 0. The first-order valence-electron chi connectivity index (χ1n) is 4.91. The summed E-state index contributed by atoms with van der Waals surface area (Å²) in [5, 5.41) is 2.79. The van der Waals surface area contributed by atoms with Crippen molar-refractivity contribution in [3.05, 3.63) is 0 Å². The highest BCUT2D eigenvalue weighted by Gasteiger charge is 2.24. The summed E-state index contributed by atoms with van der Waals surface area (Å²) < 4.78 is 0. The van der Waals surface area contributed by atoms with Crippen LogP contribution in [0.2, 0.25) is 0 Å². The third-order valence-corrected chi connectivity index (χ3v) is 2.48. The van der Waals surface area contributed by atoms with E-state index in [2.05, 4.69) is 5.32 Å².